The Morgan fingerprint density at radius 2 is 2.07 bits per heavy atom. The maximum atomic E-state index is 4.35. The van der Waals surface area contributed by atoms with Crippen LogP contribution in [0.4, 0.5) is 5.95 Å². The lowest BCUT2D eigenvalue weighted by molar-refractivity contribution is 0.716. The molecule has 0 aliphatic carbocycles. The molecule has 0 radical (unpaired) electrons. The van der Waals surface area contributed by atoms with Gasteiger partial charge in [-0.15, -0.1) is 0 Å². The van der Waals surface area contributed by atoms with Gasteiger partial charge in [-0.25, -0.2) is 9.97 Å². The predicted octanol–water partition coefficient (Wildman–Crippen LogP) is 1.33. The van der Waals surface area contributed by atoms with Crippen molar-refractivity contribution in [3.8, 4) is 0 Å². The molecule has 1 heterocycles. The summed E-state index contributed by atoms with van der Waals surface area (Å²) in [4.78, 5) is 8.57. The number of nitrogens with zero attached hydrogens (tertiary/aromatic N) is 2. The molecule has 1 rings (SSSR count). The molecule has 0 saturated heterocycles. The highest BCUT2D eigenvalue weighted by atomic mass is 15.1. The van der Waals surface area contributed by atoms with Crippen LogP contribution in [0.3, 0.4) is 0 Å². The summed E-state index contributed by atoms with van der Waals surface area (Å²) in [5.41, 5.74) is 2.20. The highest BCUT2D eigenvalue weighted by Gasteiger charge is 2.01. The molecular formula is C10H18N4. The molecule has 4 nitrogen and oxygen atoms in total. The van der Waals surface area contributed by atoms with E-state index in [1.807, 2.05) is 20.0 Å². The van der Waals surface area contributed by atoms with Crippen LogP contribution in [0.5, 0.6) is 0 Å². The highest BCUT2D eigenvalue weighted by molar-refractivity contribution is 5.28. The van der Waals surface area contributed by atoms with E-state index in [0.29, 0.717) is 5.95 Å². The van der Waals surface area contributed by atoms with Gasteiger partial charge in [0.25, 0.3) is 0 Å². The molecule has 0 fully saturated rings. The van der Waals surface area contributed by atoms with Crippen molar-refractivity contribution in [2.24, 2.45) is 0 Å². The van der Waals surface area contributed by atoms with Gasteiger partial charge in [-0.2, -0.15) is 0 Å². The topological polar surface area (TPSA) is 49.8 Å². The van der Waals surface area contributed by atoms with Gasteiger partial charge < -0.3 is 10.6 Å². The van der Waals surface area contributed by atoms with Crippen molar-refractivity contribution in [3.05, 3.63) is 17.5 Å². The highest BCUT2D eigenvalue weighted by Crippen LogP contribution is 2.06. The SMILES string of the molecule is CCNCc1cnc(NCC)nc1C. The van der Waals surface area contributed by atoms with Crippen molar-refractivity contribution >= 4 is 5.95 Å². The Hall–Kier alpha value is -1.16. The van der Waals surface area contributed by atoms with Crippen molar-refractivity contribution in [1.29, 1.82) is 0 Å². The first-order chi connectivity index (χ1) is 6.77. The van der Waals surface area contributed by atoms with E-state index in [-0.39, 0.29) is 0 Å². The Morgan fingerprint density at radius 1 is 1.29 bits per heavy atom. The smallest absolute Gasteiger partial charge is 0.222 e. The van der Waals surface area contributed by atoms with E-state index in [9.17, 15) is 0 Å². The first-order valence-corrected chi connectivity index (χ1v) is 5.05. The van der Waals surface area contributed by atoms with Gasteiger partial charge in [0.1, 0.15) is 0 Å². The maximum absolute atomic E-state index is 4.35. The van der Waals surface area contributed by atoms with Gasteiger partial charge in [0, 0.05) is 30.5 Å². The number of anilines is 1. The largest absolute Gasteiger partial charge is 0.354 e. The van der Waals surface area contributed by atoms with Gasteiger partial charge in [0.05, 0.1) is 0 Å². The van der Waals surface area contributed by atoms with Crippen LogP contribution in [0, 0.1) is 6.92 Å². The second kappa shape index (κ2) is 5.54. The summed E-state index contributed by atoms with van der Waals surface area (Å²) in [5, 5.41) is 6.35. The van der Waals surface area contributed by atoms with Crippen LogP contribution in [0.1, 0.15) is 25.1 Å². The average molecular weight is 194 g/mol. The Morgan fingerprint density at radius 3 is 2.64 bits per heavy atom. The van der Waals surface area contributed by atoms with Gasteiger partial charge in [-0.1, -0.05) is 6.92 Å². The van der Waals surface area contributed by atoms with E-state index in [1.165, 1.54) is 0 Å². The molecule has 0 spiro atoms. The lowest BCUT2D eigenvalue weighted by atomic mass is 10.2. The summed E-state index contributed by atoms with van der Waals surface area (Å²) in [5.74, 6) is 0.713. The Labute approximate surface area is 85.2 Å². The van der Waals surface area contributed by atoms with Crippen LogP contribution in [-0.2, 0) is 6.54 Å². The number of rotatable bonds is 5. The van der Waals surface area contributed by atoms with Crippen molar-refractivity contribution in [2.45, 2.75) is 27.3 Å². The second-order valence-electron chi connectivity index (χ2n) is 3.11. The quantitative estimate of drug-likeness (QED) is 0.742. The fourth-order valence-electron chi connectivity index (χ4n) is 1.17. The van der Waals surface area contributed by atoms with Crippen LogP contribution in [-0.4, -0.2) is 23.1 Å². The maximum Gasteiger partial charge on any atom is 0.222 e. The monoisotopic (exact) mass is 194 g/mol. The lowest BCUT2D eigenvalue weighted by Crippen LogP contribution is -2.14. The van der Waals surface area contributed by atoms with Crippen LogP contribution in [0.2, 0.25) is 0 Å². The van der Waals surface area contributed by atoms with E-state index in [1.54, 1.807) is 0 Å². The molecule has 0 aromatic carbocycles. The van der Waals surface area contributed by atoms with Crippen LogP contribution in [0.15, 0.2) is 6.20 Å². The molecule has 0 aliphatic rings. The van der Waals surface area contributed by atoms with Crippen LogP contribution in [0.25, 0.3) is 0 Å². The van der Waals surface area contributed by atoms with Gasteiger partial charge in [-0.3, -0.25) is 0 Å². The third kappa shape index (κ3) is 2.96. The zero-order chi connectivity index (χ0) is 10.4. The molecule has 0 bridgehead atoms. The summed E-state index contributed by atoms with van der Waals surface area (Å²) in [6.45, 7) is 8.79. The first-order valence-electron chi connectivity index (χ1n) is 5.05. The Kier molecular flexibility index (Phi) is 4.32. The van der Waals surface area contributed by atoms with Crippen LogP contribution >= 0.6 is 0 Å². The molecule has 0 aliphatic heterocycles. The molecule has 0 atom stereocenters. The summed E-state index contributed by atoms with van der Waals surface area (Å²) >= 11 is 0. The normalized spacial score (nSPS) is 10.2. The van der Waals surface area contributed by atoms with Crippen molar-refractivity contribution < 1.29 is 0 Å². The number of aromatic nitrogens is 2. The van der Waals surface area contributed by atoms with Gasteiger partial charge >= 0.3 is 0 Å². The summed E-state index contributed by atoms with van der Waals surface area (Å²) < 4.78 is 0. The fourth-order valence-corrected chi connectivity index (χ4v) is 1.17. The molecule has 78 valence electrons. The number of hydrogen-bond donors (Lipinski definition) is 2. The first kappa shape index (κ1) is 10.9. The number of aryl methyl sites for hydroxylation is 1. The third-order valence-electron chi connectivity index (χ3n) is 1.98. The molecule has 14 heavy (non-hydrogen) atoms. The molecule has 1 aromatic heterocycles. The molecule has 4 heteroatoms. The second-order valence-corrected chi connectivity index (χ2v) is 3.11. The van der Waals surface area contributed by atoms with Gasteiger partial charge in [0.15, 0.2) is 0 Å². The number of nitrogens with one attached hydrogen (secondary N) is 2. The minimum absolute atomic E-state index is 0.713. The number of hydrogen-bond acceptors (Lipinski definition) is 4. The van der Waals surface area contributed by atoms with Gasteiger partial charge in [0.2, 0.25) is 5.95 Å². The molecule has 0 unspecified atom stereocenters. The fraction of sp³-hybridized carbons (Fsp3) is 0.600. The zero-order valence-electron chi connectivity index (χ0n) is 9.09. The minimum Gasteiger partial charge on any atom is -0.354 e. The molecule has 0 amide bonds. The lowest BCUT2D eigenvalue weighted by Gasteiger charge is -2.07. The van der Waals surface area contributed by atoms with E-state index >= 15 is 0 Å². The summed E-state index contributed by atoms with van der Waals surface area (Å²) in [6, 6.07) is 0. The van der Waals surface area contributed by atoms with Crippen LogP contribution < -0.4 is 10.6 Å². The standard InChI is InChI=1S/C10H18N4/c1-4-11-6-9-7-13-10(12-5-2)14-8(9)3/h7,11H,4-6H2,1-3H3,(H,12,13,14). The average Bonchev–Trinajstić information content (AvgIpc) is 2.17. The van der Waals surface area contributed by atoms with Crippen molar-refractivity contribution in [3.63, 3.8) is 0 Å². The van der Waals surface area contributed by atoms with Crippen molar-refractivity contribution in [1.82, 2.24) is 15.3 Å². The third-order valence-corrected chi connectivity index (χ3v) is 1.98. The van der Waals surface area contributed by atoms with E-state index in [4.69, 9.17) is 0 Å². The minimum atomic E-state index is 0.713. The molecular weight excluding hydrogens is 176 g/mol. The Balaban J connectivity index is 2.68. The van der Waals surface area contributed by atoms with Crippen molar-refractivity contribution in [2.75, 3.05) is 18.4 Å². The molecule has 0 saturated carbocycles. The van der Waals surface area contributed by atoms with Gasteiger partial charge in [-0.05, 0) is 20.4 Å². The van der Waals surface area contributed by atoms with E-state index in [0.717, 1.165) is 30.9 Å². The van der Waals surface area contributed by atoms with E-state index < -0.39 is 0 Å². The summed E-state index contributed by atoms with van der Waals surface area (Å²) in [6.07, 6.45) is 1.88. The Bertz CT molecular complexity index is 285. The summed E-state index contributed by atoms with van der Waals surface area (Å²) in [7, 11) is 0. The predicted molar refractivity (Wildman–Crippen MR) is 58.3 cm³/mol. The van der Waals surface area contributed by atoms with E-state index in [2.05, 4.69) is 27.5 Å². The molecule has 2 N–H and O–H groups in total. The zero-order valence-corrected chi connectivity index (χ0v) is 9.09. The molecule has 1 aromatic rings.